The fourth-order valence-electron chi connectivity index (χ4n) is 4.18. The molecule has 0 amide bonds. The fourth-order valence-corrected chi connectivity index (χ4v) is 4.40. The molecule has 7 nitrogen and oxygen atoms in total. The van der Waals surface area contributed by atoms with Crippen molar-refractivity contribution in [2.45, 2.75) is 18.1 Å². The smallest absolute Gasteiger partial charge is 0.250 e. The van der Waals surface area contributed by atoms with Crippen LogP contribution in [0.25, 0.3) is 11.1 Å². The Kier molecular flexibility index (Phi) is 6.46. The number of aliphatic hydroxyl groups excluding tert-OH is 1. The molecule has 2 aromatic rings. The van der Waals surface area contributed by atoms with Gasteiger partial charge in [-0.2, -0.15) is 0 Å². The molecule has 1 spiro atoms. The van der Waals surface area contributed by atoms with Crippen LogP contribution in [-0.4, -0.2) is 72.2 Å². The minimum atomic E-state index is -0.616. The zero-order chi connectivity index (χ0) is 21.1. The van der Waals surface area contributed by atoms with Crippen molar-refractivity contribution in [3.05, 3.63) is 51.9 Å². The molecule has 0 radical (unpaired) electrons. The van der Waals surface area contributed by atoms with Gasteiger partial charge in [-0.15, -0.1) is 0 Å². The van der Waals surface area contributed by atoms with Crippen molar-refractivity contribution < 1.29 is 14.6 Å². The van der Waals surface area contributed by atoms with Crippen LogP contribution in [0.15, 0.2) is 41.3 Å². The number of rotatable bonds is 6. The minimum absolute atomic E-state index is 0.0707. The van der Waals surface area contributed by atoms with E-state index in [0.717, 1.165) is 43.7 Å². The predicted molar refractivity (Wildman–Crippen MR) is 116 cm³/mol. The Hall–Kier alpha value is -1.90. The van der Waals surface area contributed by atoms with Gasteiger partial charge in [0.2, 0.25) is 5.56 Å². The molecule has 3 heterocycles. The largest absolute Gasteiger partial charge is 0.491 e. The van der Waals surface area contributed by atoms with Gasteiger partial charge >= 0.3 is 0 Å². The van der Waals surface area contributed by atoms with E-state index in [0.29, 0.717) is 23.9 Å². The summed E-state index contributed by atoms with van der Waals surface area (Å²) in [6.07, 6.45) is 2.15. The zero-order valence-electron chi connectivity index (χ0n) is 17.1. The Morgan fingerprint density at radius 1 is 1.33 bits per heavy atom. The molecule has 0 saturated carbocycles. The number of nitrogens with zero attached hydrogens (tertiary/aromatic N) is 2. The standard InChI is InChI=1S/C22H28ClN3O4/c1-25-11-16(2-3-21(25)28)17-8-18(23)10-20(9-17)29-13-19(27)12-26-6-7-30-22(15-26)4-5-24-14-22/h2-3,8-11,19,24,27H,4-7,12-15H2,1H3. The Labute approximate surface area is 181 Å². The van der Waals surface area contributed by atoms with Crippen LogP contribution >= 0.6 is 11.6 Å². The van der Waals surface area contributed by atoms with Crippen LogP contribution in [-0.2, 0) is 11.8 Å². The molecule has 2 unspecified atom stereocenters. The Morgan fingerprint density at radius 2 is 2.20 bits per heavy atom. The summed E-state index contributed by atoms with van der Waals surface area (Å²) in [5, 5.41) is 14.4. The fraction of sp³-hybridized carbons (Fsp3) is 0.500. The van der Waals surface area contributed by atoms with Gasteiger partial charge in [0.15, 0.2) is 0 Å². The lowest BCUT2D eigenvalue weighted by molar-refractivity contribution is -0.104. The zero-order valence-corrected chi connectivity index (χ0v) is 17.9. The van der Waals surface area contributed by atoms with Gasteiger partial charge < -0.3 is 24.5 Å². The van der Waals surface area contributed by atoms with Crippen molar-refractivity contribution in [1.29, 1.82) is 0 Å². The van der Waals surface area contributed by atoms with E-state index in [-0.39, 0.29) is 17.8 Å². The van der Waals surface area contributed by atoms with Crippen molar-refractivity contribution in [2.75, 3.05) is 45.9 Å². The van der Waals surface area contributed by atoms with E-state index in [2.05, 4.69) is 10.2 Å². The summed E-state index contributed by atoms with van der Waals surface area (Å²) in [4.78, 5) is 13.9. The van der Waals surface area contributed by atoms with E-state index in [1.807, 2.05) is 12.1 Å². The molecule has 0 bridgehead atoms. The highest BCUT2D eigenvalue weighted by atomic mass is 35.5. The molecule has 2 saturated heterocycles. The maximum Gasteiger partial charge on any atom is 0.250 e. The summed E-state index contributed by atoms with van der Waals surface area (Å²) in [7, 11) is 1.71. The molecule has 1 aromatic heterocycles. The first-order valence-corrected chi connectivity index (χ1v) is 10.7. The summed E-state index contributed by atoms with van der Waals surface area (Å²) >= 11 is 6.27. The van der Waals surface area contributed by atoms with E-state index in [1.165, 1.54) is 10.6 Å². The normalized spacial score (nSPS) is 23.0. The molecule has 0 aliphatic carbocycles. The lowest BCUT2D eigenvalue weighted by atomic mass is 10.0. The van der Waals surface area contributed by atoms with Crippen molar-refractivity contribution in [3.8, 4) is 16.9 Å². The first kappa shape index (κ1) is 21.3. The molecule has 30 heavy (non-hydrogen) atoms. The van der Waals surface area contributed by atoms with E-state index in [9.17, 15) is 9.90 Å². The monoisotopic (exact) mass is 433 g/mol. The quantitative estimate of drug-likeness (QED) is 0.719. The van der Waals surface area contributed by atoms with Gasteiger partial charge in [-0.25, -0.2) is 0 Å². The lowest BCUT2D eigenvalue weighted by Crippen LogP contribution is -2.54. The molecule has 162 valence electrons. The number of halogens is 1. The second-order valence-electron chi connectivity index (χ2n) is 8.20. The molecule has 2 aliphatic heterocycles. The maximum absolute atomic E-state index is 11.6. The molecule has 4 rings (SSSR count). The van der Waals surface area contributed by atoms with Gasteiger partial charge in [0.1, 0.15) is 18.5 Å². The van der Waals surface area contributed by atoms with Crippen LogP contribution in [0.3, 0.4) is 0 Å². The van der Waals surface area contributed by atoms with Crippen LogP contribution < -0.4 is 15.6 Å². The third kappa shape index (κ3) is 5.04. The molecule has 2 N–H and O–H groups in total. The second-order valence-corrected chi connectivity index (χ2v) is 8.64. The molecular weight excluding hydrogens is 406 g/mol. The Morgan fingerprint density at radius 3 is 2.97 bits per heavy atom. The highest BCUT2D eigenvalue weighted by molar-refractivity contribution is 6.31. The average molecular weight is 434 g/mol. The summed E-state index contributed by atoms with van der Waals surface area (Å²) < 4.78 is 13.4. The molecule has 2 aliphatic rings. The number of hydrogen-bond acceptors (Lipinski definition) is 6. The summed E-state index contributed by atoms with van der Waals surface area (Å²) in [6.45, 7) is 4.89. The van der Waals surface area contributed by atoms with Crippen LogP contribution in [0.5, 0.6) is 5.75 Å². The van der Waals surface area contributed by atoms with Gasteiger partial charge in [-0.1, -0.05) is 11.6 Å². The lowest BCUT2D eigenvalue weighted by Gasteiger charge is -2.40. The van der Waals surface area contributed by atoms with Crippen LogP contribution in [0, 0.1) is 0 Å². The van der Waals surface area contributed by atoms with E-state index >= 15 is 0 Å². The van der Waals surface area contributed by atoms with Crippen LogP contribution in [0.1, 0.15) is 6.42 Å². The highest BCUT2D eigenvalue weighted by Gasteiger charge is 2.39. The molecule has 2 atom stereocenters. The second kappa shape index (κ2) is 9.08. The highest BCUT2D eigenvalue weighted by Crippen LogP contribution is 2.28. The van der Waals surface area contributed by atoms with Gasteiger partial charge in [0, 0.05) is 50.5 Å². The predicted octanol–water partition coefficient (Wildman–Crippen LogP) is 1.51. The van der Waals surface area contributed by atoms with Gasteiger partial charge in [-0.3, -0.25) is 9.69 Å². The minimum Gasteiger partial charge on any atom is -0.491 e. The van der Waals surface area contributed by atoms with Crippen LogP contribution in [0.4, 0.5) is 0 Å². The maximum atomic E-state index is 11.6. The first-order valence-electron chi connectivity index (χ1n) is 10.3. The van der Waals surface area contributed by atoms with E-state index < -0.39 is 6.10 Å². The summed E-state index contributed by atoms with van der Waals surface area (Å²) in [5.74, 6) is 0.587. The number of ether oxygens (including phenoxy) is 2. The van der Waals surface area contributed by atoms with Gasteiger partial charge in [0.25, 0.3) is 0 Å². The number of nitrogens with one attached hydrogen (secondary N) is 1. The summed E-state index contributed by atoms with van der Waals surface area (Å²) in [5.41, 5.74) is 1.54. The van der Waals surface area contributed by atoms with E-state index in [1.54, 1.807) is 25.4 Å². The third-order valence-corrected chi connectivity index (χ3v) is 5.95. The number of aryl methyl sites for hydroxylation is 1. The number of β-amino-alcohol motifs (C(OH)–C–C–N with tert-alkyl or cyclic N) is 1. The number of aromatic nitrogens is 1. The molecule has 2 fully saturated rings. The van der Waals surface area contributed by atoms with Crippen molar-refractivity contribution in [2.24, 2.45) is 7.05 Å². The van der Waals surface area contributed by atoms with Crippen LogP contribution in [0.2, 0.25) is 5.02 Å². The summed E-state index contributed by atoms with van der Waals surface area (Å²) in [6, 6.07) is 8.71. The third-order valence-electron chi connectivity index (χ3n) is 5.73. The average Bonchev–Trinajstić information content (AvgIpc) is 3.15. The SMILES string of the molecule is Cn1cc(-c2cc(Cl)cc(OCC(O)CN3CCOC4(CCNC4)C3)c2)ccc1=O. The van der Waals surface area contributed by atoms with Crippen molar-refractivity contribution in [1.82, 2.24) is 14.8 Å². The van der Waals surface area contributed by atoms with Crippen molar-refractivity contribution >= 4 is 11.6 Å². The van der Waals surface area contributed by atoms with Gasteiger partial charge in [0.05, 0.1) is 12.2 Å². The van der Waals surface area contributed by atoms with Crippen molar-refractivity contribution in [3.63, 3.8) is 0 Å². The van der Waals surface area contributed by atoms with E-state index in [4.69, 9.17) is 21.1 Å². The number of hydrogen-bond donors (Lipinski definition) is 2. The van der Waals surface area contributed by atoms with Gasteiger partial charge in [-0.05, 0) is 48.4 Å². The number of morpholine rings is 1. The number of aliphatic hydroxyl groups is 1. The first-order chi connectivity index (χ1) is 14.4. The molecule has 1 aromatic carbocycles. The number of benzene rings is 1. The molecule has 8 heteroatoms. The Bertz CT molecular complexity index is 942. The topological polar surface area (TPSA) is 76.0 Å². The Balaban J connectivity index is 1.36. The molecular formula is C22H28ClN3O4. The number of pyridine rings is 1.